The molecule has 0 bridgehead atoms. The highest BCUT2D eigenvalue weighted by Crippen LogP contribution is 2.27. The number of hydrogen-bond donors (Lipinski definition) is 1. The van der Waals surface area contributed by atoms with Crippen molar-refractivity contribution < 1.29 is 4.39 Å². The first-order chi connectivity index (χ1) is 12.2. The molecule has 0 amide bonds. The molecule has 3 aromatic rings. The Hall–Kier alpha value is -2.40. The van der Waals surface area contributed by atoms with E-state index < -0.39 is 0 Å². The van der Waals surface area contributed by atoms with E-state index in [1.165, 1.54) is 12.1 Å². The number of piperidine rings is 1. The average Bonchev–Trinajstić information content (AvgIpc) is 3.02. The van der Waals surface area contributed by atoms with Crippen molar-refractivity contribution in [1.82, 2.24) is 9.55 Å². The van der Waals surface area contributed by atoms with Gasteiger partial charge >= 0.3 is 0 Å². The van der Waals surface area contributed by atoms with E-state index in [0.717, 1.165) is 55.0 Å². The van der Waals surface area contributed by atoms with Crippen LogP contribution in [-0.2, 0) is 6.54 Å². The van der Waals surface area contributed by atoms with E-state index in [1.807, 2.05) is 30.3 Å². The maximum atomic E-state index is 13.2. The summed E-state index contributed by atoms with van der Waals surface area (Å²) in [5, 5.41) is 0. The first-order valence-electron chi connectivity index (χ1n) is 8.89. The topological polar surface area (TPSA) is 47.1 Å². The zero-order chi connectivity index (χ0) is 17.2. The number of aromatic nitrogens is 2. The number of anilines is 1. The minimum absolute atomic E-state index is 0.205. The fourth-order valence-electron chi connectivity index (χ4n) is 3.60. The SMILES string of the molecule is NCC1CCN(c2nc3ccccc3n2Cc2ccc(F)cc2)CC1. The molecule has 5 heteroatoms. The number of halogens is 1. The molecule has 0 saturated carbocycles. The van der Waals surface area contributed by atoms with Gasteiger partial charge in [0, 0.05) is 13.1 Å². The van der Waals surface area contributed by atoms with Crippen LogP contribution in [0.5, 0.6) is 0 Å². The molecule has 0 unspecified atom stereocenters. The lowest BCUT2D eigenvalue weighted by molar-refractivity contribution is 0.409. The molecule has 4 rings (SSSR count). The molecular formula is C20H23FN4. The molecule has 4 nitrogen and oxygen atoms in total. The van der Waals surface area contributed by atoms with Crippen LogP contribution in [0.1, 0.15) is 18.4 Å². The van der Waals surface area contributed by atoms with E-state index in [4.69, 9.17) is 10.7 Å². The average molecular weight is 338 g/mol. The Bertz CT molecular complexity index is 848. The van der Waals surface area contributed by atoms with Crippen LogP contribution in [0.4, 0.5) is 10.3 Å². The Labute approximate surface area is 147 Å². The van der Waals surface area contributed by atoms with Gasteiger partial charge in [0.05, 0.1) is 17.6 Å². The van der Waals surface area contributed by atoms with Crippen molar-refractivity contribution in [2.75, 3.05) is 24.5 Å². The summed E-state index contributed by atoms with van der Waals surface area (Å²) in [4.78, 5) is 7.24. The van der Waals surface area contributed by atoms with Crippen LogP contribution in [0.3, 0.4) is 0 Å². The maximum Gasteiger partial charge on any atom is 0.206 e. The van der Waals surface area contributed by atoms with Crippen molar-refractivity contribution in [2.24, 2.45) is 11.7 Å². The highest BCUT2D eigenvalue weighted by atomic mass is 19.1. The zero-order valence-corrected chi connectivity index (χ0v) is 14.2. The summed E-state index contributed by atoms with van der Waals surface area (Å²) in [6.45, 7) is 3.41. The maximum absolute atomic E-state index is 13.2. The van der Waals surface area contributed by atoms with Crippen LogP contribution in [0.2, 0.25) is 0 Å². The Morgan fingerprint density at radius 1 is 1.04 bits per heavy atom. The predicted octanol–water partition coefficient (Wildman–Crippen LogP) is 3.40. The molecule has 0 spiro atoms. The number of benzene rings is 2. The summed E-state index contributed by atoms with van der Waals surface area (Å²) >= 11 is 0. The van der Waals surface area contributed by atoms with Crippen LogP contribution in [0.15, 0.2) is 48.5 Å². The molecule has 0 aliphatic carbocycles. The van der Waals surface area contributed by atoms with Crippen LogP contribution >= 0.6 is 0 Å². The van der Waals surface area contributed by atoms with Crippen molar-refractivity contribution in [3.63, 3.8) is 0 Å². The summed E-state index contributed by atoms with van der Waals surface area (Å²) < 4.78 is 15.5. The Balaban J connectivity index is 1.69. The van der Waals surface area contributed by atoms with Gasteiger partial charge in [-0.25, -0.2) is 9.37 Å². The van der Waals surface area contributed by atoms with Gasteiger partial charge in [-0.3, -0.25) is 0 Å². The molecule has 1 saturated heterocycles. The Kier molecular flexibility index (Phi) is 4.40. The molecule has 0 radical (unpaired) electrons. The molecule has 25 heavy (non-hydrogen) atoms. The summed E-state index contributed by atoms with van der Waals surface area (Å²) in [5.74, 6) is 1.41. The quantitative estimate of drug-likeness (QED) is 0.793. The summed E-state index contributed by atoms with van der Waals surface area (Å²) in [6.07, 6.45) is 2.21. The number of imidazole rings is 1. The van der Waals surface area contributed by atoms with Crippen molar-refractivity contribution in [3.05, 3.63) is 59.9 Å². The normalized spacial score (nSPS) is 15.8. The van der Waals surface area contributed by atoms with Crippen LogP contribution in [0.25, 0.3) is 11.0 Å². The summed E-state index contributed by atoms with van der Waals surface area (Å²) in [5.41, 5.74) is 9.01. The zero-order valence-electron chi connectivity index (χ0n) is 14.2. The minimum atomic E-state index is -0.205. The minimum Gasteiger partial charge on any atom is -0.342 e. The third kappa shape index (κ3) is 3.24. The largest absolute Gasteiger partial charge is 0.342 e. The highest BCUT2D eigenvalue weighted by molar-refractivity contribution is 5.79. The van der Waals surface area contributed by atoms with Crippen LogP contribution < -0.4 is 10.6 Å². The van der Waals surface area contributed by atoms with Gasteiger partial charge in [-0.1, -0.05) is 24.3 Å². The summed E-state index contributed by atoms with van der Waals surface area (Å²) in [6, 6.07) is 14.9. The summed E-state index contributed by atoms with van der Waals surface area (Å²) in [7, 11) is 0. The predicted molar refractivity (Wildman–Crippen MR) is 99.2 cm³/mol. The monoisotopic (exact) mass is 338 g/mol. The first kappa shape index (κ1) is 16.1. The molecule has 1 fully saturated rings. The second kappa shape index (κ2) is 6.84. The molecule has 130 valence electrons. The third-order valence-corrected chi connectivity index (χ3v) is 5.12. The Morgan fingerprint density at radius 3 is 2.48 bits per heavy atom. The van der Waals surface area contributed by atoms with E-state index in [2.05, 4.69) is 15.5 Å². The molecule has 2 aromatic carbocycles. The van der Waals surface area contributed by atoms with Gasteiger partial charge in [-0.05, 0) is 55.1 Å². The number of rotatable bonds is 4. The molecule has 1 aliphatic heterocycles. The number of para-hydroxylation sites is 2. The van der Waals surface area contributed by atoms with Gasteiger partial charge in [-0.15, -0.1) is 0 Å². The fraction of sp³-hybridized carbons (Fsp3) is 0.350. The third-order valence-electron chi connectivity index (χ3n) is 5.12. The number of nitrogens with two attached hydrogens (primary N) is 1. The molecular weight excluding hydrogens is 315 g/mol. The van der Waals surface area contributed by atoms with Gasteiger partial charge in [0.2, 0.25) is 5.95 Å². The van der Waals surface area contributed by atoms with Gasteiger partial charge in [-0.2, -0.15) is 0 Å². The van der Waals surface area contributed by atoms with Crippen LogP contribution in [-0.4, -0.2) is 29.2 Å². The van der Waals surface area contributed by atoms with E-state index in [1.54, 1.807) is 0 Å². The number of nitrogens with zero attached hydrogens (tertiary/aromatic N) is 3. The fourth-order valence-corrected chi connectivity index (χ4v) is 3.60. The lowest BCUT2D eigenvalue weighted by Gasteiger charge is -2.32. The van der Waals surface area contributed by atoms with Crippen LogP contribution in [0, 0.1) is 11.7 Å². The van der Waals surface area contributed by atoms with E-state index in [-0.39, 0.29) is 5.82 Å². The highest BCUT2D eigenvalue weighted by Gasteiger charge is 2.23. The second-order valence-electron chi connectivity index (χ2n) is 6.78. The van der Waals surface area contributed by atoms with Crippen molar-refractivity contribution in [3.8, 4) is 0 Å². The molecule has 0 atom stereocenters. The number of hydrogen-bond acceptors (Lipinski definition) is 3. The first-order valence-corrected chi connectivity index (χ1v) is 8.89. The lowest BCUT2D eigenvalue weighted by Crippen LogP contribution is -2.37. The second-order valence-corrected chi connectivity index (χ2v) is 6.78. The standard InChI is InChI=1S/C20H23FN4/c21-17-7-5-16(6-8-17)14-25-19-4-2-1-3-18(19)23-20(25)24-11-9-15(13-22)10-12-24/h1-8,15H,9-14,22H2. The molecule has 1 aliphatic rings. The van der Waals surface area contributed by atoms with Gasteiger partial charge < -0.3 is 15.2 Å². The molecule has 1 aromatic heterocycles. The van der Waals surface area contributed by atoms with Gasteiger partial charge in [0.1, 0.15) is 5.82 Å². The van der Waals surface area contributed by atoms with Crippen molar-refractivity contribution in [1.29, 1.82) is 0 Å². The smallest absolute Gasteiger partial charge is 0.206 e. The molecule has 2 N–H and O–H groups in total. The van der Waals surface area contributed by atoms with E-state index in [0.29, 0.717) is 12.5 Å². The van der Waals surface area contributed by atoms with Crippen molar-refractivity contribution in [2.45, 2.75) is 19.4 Å². The Morgan fingerprint density at radius 2 is 1.76 bits per heavy atom. The van der Waals surface area contributed by atoms with Gasteiger partial charge in [0.15, 0.2) is 0 Å². The van der Waals surface area contributed by atoms with E-state index >= 15 is 0 Å². The van der Waals surface area contributed by atoms with E-state index in [9.17, 15) is 4.39 Å². The lowest BCUT2D eigenvalue weighted by atomic mass is 9.97. The van der Waals surface area contributed by atoms with Crippen molar-refractivity contribution >= 4 is 17.0 Å². The molecule has 2 heterocycles. The number of fused-ring (bicyclic) bond motifs is 1. The van der Waals surface area contributed by atoms with Gasteiger partial charge in [0.25, 0.3) is 0 Å².